The summed E-state index contributed by atoms with van der Waals surface area (Å²) in [6.07, 6.45) is 3.41. The van der Waals surface area contributed by atoms with Crippen LogP contribution in [0.2, 0.25) is 0 Å². The van der Waals surface area contributed by atoms with Gasteiger partial charge in [0.1, 0.15) is 0 Å². The molecule has 0 spiro atoms. The third-order valence-electron chi connectivity index (χ3n) is 3.30. The van der Waals surface area contributed by atoms with Crippen molar-refractivity contribution < 1.29 is 0 Å². The van der Waals surface area contributed by atoms with Crippen LogP contribution >= 0.6 is 0 Å². The molecule has 0 unspecified atom stereocenters. The molecule has 0 aliphatic heterocycles. The van der Waals surface area contributed by atoms with E-state index >= 15 is 0 Å². The Morgan fingerprint density at radius 3 is 2.67 bits per heavy atom. The minimum absolute atomic E-state index is 1.06. The van der Waals surface area contributed by atoms with Crippen LogP contribution in [0, 0.1) is 6.92 Å². The van der Waals surface area contributed by atoms with Gasteiger partial charge in [0.05, 0.1) is 0 Å². The van der Waals surface area contributed by atoms with Crippen LogP contribution in [0.5, 0.6) is 0 Å². The Kier molecular flexibility index (Phi) is 6.14. The number of hydrogen-bond donors (Lipinski definition) is 0. The summed E-state index contributed by atoms with van der Waals surface area (Å²) in [6.45, 7) is 12.7. The van der Waals surface area contributed by atoms with E-state index in [-0.39, 0.29) is 0 Å². The van der Waals surface area contributed by atoms with Gasteiger partial charge in [-0.05, 0) is 63.4 Å². The first-order valence-electron chi connectivity index (χ1n) is 6.94. The Hall–Kier alpha value is -1.08. The van der Waals surface area contributed by atoms with Crippen molar-refractivity contribution >= 4 is 0 Å². The van der Waals surface area contributed by atoms with Crippen LogP contribution in [0.1, 0.15) is 43.4 Å². The molecule has 0 aromatic heterocycles. The predicted molar refractivity (Wildman–Crippen MR) is 80.9 cm³/mol. The van der Waals surface area contributed by atoms with E-state index < -0.39 is 0 Å². The van der Waals surface area contributed by atoms with Gasteiger partial charge in [0.2, 0.25) is 0 Å². The summed E-state index contributed by atoms with van der Waals surface area (Å²) in [5.41, 5.74) is 5.56. The van der Waals surface area contributed by atoms with Gasteiger partial charge in [-0.25, -0.2) is 0 Å². The van der Waals surface area contributed by atoms with Gasteiger partial charge in [-0.15, -0.1) is 6.58 Å². The molecule has 100 valence electrons. The highest BCUT2D eigenvalue weighted by Gasteiger charge is 2.04. The third-order valence-corrected chi connectivity index (χ3v) is 3.30. The number of nitrogens with zero attached hydrogens (tertiary/aromatic N) is 1. The van der Waals surface area contributed by atoms with Crippen LogP contribution in [-0.2, 0) is 13.0 Å². The van der Waals surface area contributed by atoms with Gasteiger partial charge in [0, 0.05) is 6.54 Å². The topological polar surface area (TPSA) is 3.24 Å². The Bertz CT molecular complexity index is 393. The fourth-order valence-electron chi connectivity index (χ4n) is 2.16. The summed E-state index contributed by atoms with van der Waals surface area (Å²) in [4.78, 5) is 2.39. The van der Waals surface area contributed by atoms with Crippen molar-refractivity contribution in [1.82, 2.24) is 4.90 Å². The maximum Gasteiger partial charge on any atom is 0.0233 e. The molecular formula is C17H27N. The number of hydrogen-bond acceptors (Lipinski definition) is 1. The van der Waals surface area contributed by atoms with E-state index in [1.165, 1.54) is 28.7 Å². The quantitative estimate of drug-likeness (QED) is 0.646. The van der Waals surface area contributed by atoms with Crippen molar-refractivity contribution in [3.63, 3.8) is 0 Å². The Labute approximate surface area is 113 Å². The van der Waals surface area contributed by atoms with Crippen LogP contribution < -0.4 is 0 Å². The number of allylic oxidation sites excluding steroid dienone is 1. The highest BCUT2D eigenvalue weighted by molar-refractivity contribution is 5.31. The van der Waals surface area contributed by atoms with E-state index in [0.29, 0.717) is 0 Å². The molecule has 0 radical (unpaired) electrons. The van der Waals surface area contributed by atoms with Crippen molar-refractivity contribution in [3.8, 4) is 0 Å². The van der Waals surface area contributed by atoms with E-state index in [1.807, 2.05) is 0 Å². The summed E-state index contributed by atoms with van der Waals surface area (Å²) in [5, 5.41) is 0. The lowest BCUT2D eigenvalue weighted by Crippen LogP contribution is -2.19. The van der Waals surface area contributed by atoms with Gasteiger partial charge in [-0.1, -0.05) is 30.7 Å². The van der Waals surface area contributed by atoms with Crippen LogP contribution in [0.3, 0.4) is 0 Å². The summed E-state index contributed by atoms with van der Waals surface area (Å²) < 4.78 is 0. The second-order valence-electron chi connectivity index (χ2n) is 5.46. The molecule has 1 aromatic carbocycles. The van der Waals surface area contributed by atoms with Crippen molar-refractivity contribution in [2.24, 2.45) is 0 Å². The molecule has 1 heteroatoms. The molecule has 0 bridgehead atoms. The zero-order chi connectivity index (χ0) is 13.5. The zero-order valence-electron chi connectivity index (χ0n) is 12.4. The lowest BCUT2D eigenvalue weighted by atomic mass is 10.0. The Morgan fingerprint density at radius 1 is 1.33 bits per heavy atom. The SMILES string of the molecule is C=C(C)CCc1ccc(C)c(CN(C)CCC)c1. The fourth-order valence-corrected chi connectivity index (χ4v) is 2.16. The molecule has 0 fully saturated rings. The summed E-state index contributed by atoms with van der Waals surface area (Å²) in [5.74, 6) is 0. The van der Waals surface area contributed by atoms with Crippen LogP contribution in [0.4, 0.5) is 0 Å². The molecule has 18 heavy (non-hydrogen) atoms. The van der Waals surface area contributed by atoms with E-state index in [0.717, 1.165) is 25.9 Å². The van der Waals surface area contributed by atoms with Crippen LogP contribution in [0.15, 0.2) is 30.4 Å². The average Bonchev–Trinajstić information content (AvgIpc) is 2.30. The molecule has 0 N–H and O–H groups in total. The van der Waals surface area contributed by atoms with Crippen molar-refractivity contribution in [2.45, 2.75) is 46.6 Å². The highest BCUT2D eigenvalue weighted by Crippen LogP contribution is 2.16. The first-order valence-corrected chi connectivity index (χ1v) is 6.94. The van der Waals surface area contributed by atoms with E-state index in [1.54, 1.807) is 0 Å². The fraction of sp³-hybridized carbons (Fsp3) is 0.529. The summed E-state index contributed by atoms with van der Waals surface area (Å²) in [7, 11) is 2.20. The molecule has 0 amide bonds. The molecule has 1 aromatic rings. The van der Waals surface area contributed by atoms with Crippen molar-refractivity contribution in [2.75, 3.05) is 13.6 Å². The molecule has 0 atom stereocenters. The van der Waals surface area contributed by atoms with E-state index in [2.05, 4.69) is 57.5 Å². The molecule has 0 aliphatic carbocycles. The van der Waals surface area contributed by atoms with Gasteiger partial charge in [0.15, 0.2) is 0 Å². The summed E-state index contributed by atoms with van der Waals surface area (Å²) >= 11 is 0. The molecule has 0 saturated carbocycles. The van der Waals surface area contributed by atoms with Crippen molar-refractivity contribution in [1.29, 1.82) is 0 Å². The van der Waals surface area contributed by atoms with Crippen LogP contribution in [-0.4, -0.2) is 18.5 Å². The molecule has 1 rings (SSSR count). The second kappa shape index (κ2) is 7.38. The molecule has 0 heterocycles. The maximum atomic E-state index is 3.97. The van der Waals surface area contributed by atoms with Crippen LogP contribution in [0.25, 0.3) is 0 Å². The Balaban J connectivity index is 2.71. The predicted octanol–water partition coefficient (Wildman–Crippen LogP) is 4.35. The molecule has 1 nitrogen and oxygen atoms in total. The maximum absolute atomic E-state index is 3.97. The lowest BCUT2D eigenvalue weighted by Gasteiger charge is -2.18. The van der Waals surface area contributed by atoms with Crippen molar-refractivity contribution in [3.05, 3.63) is 47.0 Å². The molecule has 0 saturated heterocycles. The van der Waals surface area contributed by atoms with Gasteiger partial charge in [0.25, 0.3) is 0 Å². The lowest BCUT2D eigenvalue weighted by molar-refractivity contribution is 0.327. The first-order chi connectivity index (χ1) is 8.52. The number of aryl methyl sites for hydroxylation is 2. The summed E-state index contributed by atoms with van der Waals surface area (Å²) in [6, 6.07) is 6.87. The Morgan fingerprint density at radius 2 is 2.06 bits per heavy atom. The first kappa shape index (κ1) is 15.0. The van der Waals surface area contributed by atoms with E-state index in [4.69, 9.17) is 0 Å². The van der Waals surface area contributed by atoms with Gasteiger partial charge in [-0.2, -0.15) is 0 Å². The van der Waals surface area contributed by atoms with E-state index in [9.17, 15) is 0 Å². The smallest absolute Gasteiger partial charge is 0.0233 e. The minimum Gasteiger partial charge on any atom is -0.302 e. The standard InChI is InChI=1S/C17H27N/c1-6-11-18(5)13-17-12-16(9-7-14(2)3)10-8-15(17)4/h8,10,12H,2,6-7,9,11,13H2,1,3-5H3. The molecule has 0 aliphatic rings. The monoisotopic (exact) mass is 245 g/mol. The zero-order valence-corrected chi connectivity index (χ0v) is 12.4. The largest absolute Gasteiger partial charge is 0.302 e. The normalized spacial score (nSPS) is 10.9. The molecular weight excluding hydrogens is 218 g/mol. The number of benzene rings is 1. The average molecular weight is 245 g/mol. The van der Waals surface area contributed by atoms with Gasteiger partial charge in [-0.3, -0.25) is 0 Å². The number of rotatable bonds is 7. The minimum atomic E-state index is 1.06. The van der Waals surface area contributed by atoms with Gasteiger partial charge >= 0.3 is 0 Å². The second-order valence-corrected chi connectivity index (χ2v) is 5.46. The van der Waals surface area contributed by atoms with Gasteiger partial charge < -0.3 is 4.90 Å². The highest BCUT2D eigenvalue weighted by atomic mass is 15.1. The third kappa shape index (κ3) is 5.05.